The molecule has 144 valence electrons. The van der Waals surface area contributed by atoms with Crippen molar-refractivity contribution >= 4 is 45.4 Å². The Balaban J connectivity index is 1.37. The molecule has 0 radical (unpaired) electrons. The van der Waals surface area contributed by atoms with E-state index in [0.29, 0.717) is 22.4 Å². The molecule has 0 saturated carbocycles. The highest BCUT2D eigenvalue weighted by Gasteiger charge is 2.16. The average Bonchev–Trinajstić information content (AvgIpc) is 3.44. The van der Waals surface area contributed by atoms with E-state index in [1.165, 1.54) is 33.6 Å². The second-order valence-corrected chi connectivity index (χ2v) is 8.38. The molecule has 0 amide bonds. The van der Waals surface area contributed by atoms with Crippen LogP contribution in [0.3, 0.4) is 0 Å². The van der Waals surface area contributed by atoms with E-state index in [4.69, 9.17) is 4.74 Å². The summed E-state index contributed by atoms with van der Waals surface area (Å²) in [6, 6.07) is 5.33. The third-order valence-electron chi connectivity index (χ3n) is 3.83. The molecule has 0 bridgehead atoms. The van der Waals surface area contributed by atoms with Gasteiger partial charge in [-0.3, -0.25) is 14.0 Å². The van der Waals surface area contributed by atoms with Crippen molar-refractivity contribution < 1.29 is 9.53 Å². The van der Waals surface area contributed by atoms with Gasteiger partial charge in [-0.15, -0.1) is 32.9 Å². The van der Waals surface area contributed by atoms with Crippen molar-refractivity contribution in [1.82, 2.24) is 24.1 Å². The summed E-state index contributed by atoms with van der Waals surface area (Å²) in [7, 11) is 0. The molecule has 0 unspecified atom stereocenters. The Bertz CT molecular complexity index is 1160. The third-order valence-corrected chi connectivity index (χ3v) is 6.39. The van der Waals surface area contributed by atoms with E-state index >= 15 is 0 Å². The first-order valence-corrected chi connectivity index (χ1v) is 11.1. The topological polar surface area (TPSA) is 91.4 Å². The van der Waals surface area contributed by atoms with Crippen LogP contribution in [0.5, 0.6) is 0 Å². The smallest absolute Gasteiger partial charge is 0.316 e. The number of carbonyl (C=O) groups excluding carboxylic acids is 1. The molecule has 4 rings (SSSR count). The maximum absolute atomic E-state index is 12.1. The summed E-state index contributed by atoms with van der Waals surface area (Å²) >= 11 is 4.22. The molecular weight excluding hydrogens is 418 g/mol. The molecule has 4 heterocycles. The summed E-state index contributed by atoms with van der Waals surface area (Å²) in [6.45, 7) is 2.67. The maximum atomic E-state index is 12.1. The highest BCUT2D eigenvalue weighted by atomic mass is 32.2. The van der Waals surface area contributed by atoms with Crippen molar-refractivity contribution in [1.29, 1.82) is 0 Å². The van der Waals surface area contributed by atoms with Gasteiger partial charge in [0.15, 0.2) is 15.9 Å². The Kier molecular flexibility index (Phi) is 5.55. The van der Waals surface area contributed by atoms with Gasteiger partial charge in [0, 0.05) is 24.2 Å². The lowest BCUT2D eigenvalue weighted by Gasteiger charge is -2.06. The summed E-state index contributed by atoms with van der Waals surface area (Å²) < 4.78 is 8.68. The zero-order valence-corrected chi connectivity index (χ0v) is 17.2. The van der Waals surface area contributed by atoms with Crippen molar-refractivity contribution in [2.75, 3.05) is 5.75 Å². The first-order chi connectivity index (χ1) is 13.7. The summed E-state index contributed by atoms with van der Waals surface area (Å²) in [5.41, 5.74) is 0.242. The van der Waals surface area contributed by atoms with Crippen LogP contribution in [0.2, 0.25) is 0 Å². The minimum atomic E-state index is -0.401. The van der Waals surface area contributed by atoms with Crippen LogP contribution >= 0.6 is 34.4 Å². The summed E-state index contributed by atoms with van der Waals surface area (Å²) in [5.74, 6) is 0.492. The summed E-state index contributed by atoms with van der Waals surface area (Å²) in [5, 5.41) is 12.9. The molecule has 0 atom stereocenters. The average molecular weight is 434 g/mol. The van der Waals surface area contributed by atoms with Gasteiger partial charge in [0.25, 0.3) is 5.56 Å². The van der Waals surface area contributed by atoms with Crippen molar-refractivity contribution in [3.05, 3.63) is 51.2 Å². The van der Waals surface area contributed by atoms with E-state index in [0.717, 1.165) is 10.7 Å². The minimum absolute atomic E-state index is 0.0378. The lowest BCUT2D eigenvalue weighted by atomic mass is 10.4. The van der Waals surface area contributed by atoms with Crippen LogP contribution in [-0.4, -0.2) is 35.9 Å². The molecule has 4 aromatic rings. The Labute approximate surface area is 171 Å². The molecule has 0 aromatic carbocycles. The molecule has 0 N–H and O–H groups in total. The van der Waals surface area contributed by atoms with Gasteiger partial charge in [-0.1, -0.05) is 17.8 Å². The zero-order chi connectivity index (χ0) is 19.5. The SMILES string of the molecule is CCn1c(SCC(=O)OCc2cc(=O)n3ccsc3n2)nnc1-c1cccs1. The second kappa shape index (κ2) is 8.25. The van der Waals surface area contributed by atoms with Crippen molar-refractivity contribution in [2.45, 2.75) is 25.2 Å². The molecule has 0 spiro atoms. The first-order valence-electron chi connectivity index (χ1n) is 8.37. The van der Waals surface area contributed by atoms with Crippen LogP contribution in [0, 0.1) is 0 Å². The lowest BCUT2D eigenvalue weighted by molar-refractivity contribution is -0.141. The molecule has 0 fully saturated rings. The zero-order valence-electron chi connectivity index (χ0n) is 14.8. The van der Waals surface area contributed by atoms with Crippen LogP contribution < -0.4 is 5.56 Å². The Morgan fingerprint density at radius 2 is 2.18 bits per heavy atom. The molecule has 0 aliphatic carbocycles. The highest BCUT2D eigenvalue weighted by Crippen LogP contribution is 2.27. The van der Waals surface area contributed by atoms with Crippen LogP contribution in [0.4, 0.5) is 0 Å². The number of thiazole rings is 1. The summed E-state index contributed by atoms with van der Waals surface area (Å²) in [4.78, 5) is 30.0. The number of esters is 1. The first kappa shape index (κ1) is 18.8. The number of fused-ring (bicyclic) bond motifs is 1. The van der Waals surface area contributed by atoms with Gasteiger partial charge in [-0.25, -0.2) is 4.98 Å². The van der Waals surface area contributed by atoms with Crippen LogP contribution in [0.25, 0.3) is 15.7 Å². The minimum Gasteiger partial charge on any atom is -0.459 e. The van der Waals surface area contributed by atoms with Crippen molar-refractivity contribution in [3.8, 4) is 10.7 Å². The van der Waals surface area contributed by atoms with E-state index in [2.05, 4.69) is 15.2 Å². The number of thiophene rings is 1. The van der Waals surface area contributed by atoms with Crippen molar-refractivity contribution in [3.63, 3.8) is 0 Å². The maximum Gasteiger partial charge on any atom is 0.316 e. The van der Waals surface area contributed by atoms with Crippen molar-refractivity contribution in [2.24, 2.45) is 0 Å². The van der Waals surface area contributed by atoms with Gasteiger partial charge < -0.3 is 9.30 Å². The molecule has 11 heteroatoms. The fourth-order valence-electron chi connectivity index (χ4n) is 2.55. The van der Waals surface area contributed by atoms with E-state index in [1.807, 2.05) is 29.0 Å². The van der Waals surface area contributed by atoms with E-state index in [9.17, 15) is 9.59 Å². The van der Waals surface area contributed by atoms with Gasteiger partial charge in [0.05, 0.1) is 16.3 Å². The van der Waals surface area contributed by atoms with Gasteiger partial charge >= 0.3 is 5.97 Å². The number of rotatable bonds is 7. The monoisotopic (exact) mass is 433 g/mol. The van der Waals surface area contributed by atoms with Crippen LogP contribution in [-0.2, 0) is 22.7 Å². The standard InChI is InChI=1S/C17H15N5O3S3/c1-2-21-15(12-4-3-6-26-12)19-20-17(21)28-10-14(24)25-9-11-8-13(23)22-5-7-27-16(22)18-11/h3-8H,2,9-10H2,1H3. The molecule has 28 heavy (non-hydrogen) atoms. The normalized spacial score (nSPS) is 11.2. The number of aromatic nitrogens is 5. The number of hydrogen-bond donors (Lipinski definition) is 0. The molecule has 4 aromatic heterocycles. The molecular formula is C17H15N5O3S3. The van der Waals surface area contributed by atoms with E-state index < -0.39 is 5.97 Å². The molecule has 0 saturated heterocycles. The summed E-state index contributed by atoms with van der Waals surface area (Å²) in [6.07, 6.45) is 1.66. The largest absolute Gasteiger partial charge is 0.459 e. The lowest BCUT2D eigenvalue weighted by Crippen LogP contribution is -2.15. The Morgan fingerprint density at radius 3 is 2.96 bits per heavy atom. The third kappa shape index (κ3) is 3.86. The molecule has 0 aliphatic heterocycles. The fourth-order valence-corrected chi connectivity index (χ4v) is 4.81. The van der Waals surface area contributed by atoms with Crippen LogP contribution in [0.15, 0.2) is 45.1 Å². The quantitative estimate of drug-likeness (QED) is 0.327. The van der Waals surface area contributed by atoms with Crippen LogP contribution in [0.1, 0.15) is 12.6 Å². The number of thioether (sulfide) groups is 1. The fraction of sp³-hybridized carbons (Fsp3) is 0.235. The number of carbonyl (C=O) groups is 1. The second-order valence-electron chi connectivity index (χ2n) is 5.62. The number of nitrogens with zero attached hydrogens (tertiary/aromatic N) is 5. The van der Waals surface area contributed by atoms with Gasteiger partial charge in [0.2, 0.25) is 0 Å². The number of ether oxygens (including phenoxy) is 1. The highest BCUT2D eigenvalue weighted by molar-refractivity contribution is 7.99. The molecule has 0 aliphatic rings. The predicted molar refractivity (Wildman–Crippen MR) is 109 cm³/mol. The van der Waals surface area contributed by atoms with Gasteiger partial charge in [-0.2, -0.15) is 0 Å². The number of hydrogen-bond acceptors (Lipinski definition) is 9. The van der Waals surface area contributed by atoms with E-state index in [-0.39, 0.29) is 17.9 Å². The molecule has 8 nitrogen and oxygen atoms in total. The van der Waals surface area contributed by atoms with E-state index in [1.54, 1.807) is 22.9 Å². The Hall–Kier alpha value is -2.50. The Morgan fingerprint density at radius 1 is 1.29 bits per heavy atom. The van der Waals surface area contributed by atoms with Gasteiger partial charge in [-0.05, 0) is 18.4 Å². The van der Waals surface area contributed by atoms with Gasteiger partial charge in [0.1, 0.15) is 6.61 Å². The predicted octanol–water partition coefficient (Wildman–Crippen LogP) is 2.93.